The smallest absolute Gasteiger partial charge is 0.338 e. The van der Waals surface area contributed by atoms with Crippen LogP contribution < -0.4 is 28.4 Å². The Bertz CT molecular complexity index is 1200. The molecule has 236 valence electrons. The lowest BCUT2D eigenvalue weighted by atomic mass is 9.92. The molecule has 1 saturated carbocycles. The Hall–Kier alpha value is -4.12. The van der Waals surface area contributed by atoms with Gasteiger partial charge in [0.15, 0.2) is 23.0 Å². The number of carbonyl (C=O) groups is 2. The number of methoxy groups -OCH3 is 6. The highest BCUT2D eigenvalue weighted by Crippen LogP contribution is 2.39. The van der Waals surface area contributed by atoms with Crippen molar-refractivity contribution in [1.29, 1.82) is 0 Å². The SMILES string of the molecule is COc1cc(/C=C/C(=O)OC2CCC(N(C)CCCOC(=O)c3cc(OC)c(OC)c(OC)c3)CC2)cc(OC)c1OC. The molecule has 1 aliphatic rings. The zero-order valence-electron chi connectivity index (χ0n) is 26.1. The molecule has 2 aromatic carbocycles. The zero-order valence-corrected chi connectivity index (χ0v) is 26.1. The summed E-state index contributed by atoms with van der Waals surface area (Å²) in [6.07, 6.45) is 7.05. The summed E-state index contributed by atoms with van der Waals surface area (Å²) in [6, 6.07) is 7.05. The van der Waals surface area contributed by atoms with E-state index in [2.05, 4.69) is 11.9 Å². The fourth-order valence-electron chi connectivity index (χ4n) is 5.11. The van der Waals surface area contributed by atoms with Crippen molar-refractivity contribution < 1.29 is 47.5 Å². The quantitative estimate of drug-likeness (QED) is 0.160. The molecule has 0 heterocycles. The average molecular weight is 602 g/mol. The molecule has 43 heavy (non-hydrogen) atoms. The Morgan fingerprint density at radius 1 is 0.767 bits per heavy atom. The van der Waals surface area contributed by atoms with Crippen LogP contribution in [-0.4, -0.2) is 91.8 Å². The minimum absolute atomic E-state index is 0.124. The Balaban J connectivity index is 1.41. The van der Waals surface area contributed by atoms with Crippen molar-refractivity contribution in [2.45, 2.75) is 44.2 Å². The summed E-state index contributed by atoms with van der Waals surface area (Å²) in [7, 11) is 11.2. The van der Waals surface area contributed by atoms with Crippen molar-refractivity contribution in [3.05, 3.63) is 41.5 Å². The van der Waals surface area contributed by atoms with Crippen LogP contribution in [0.4, 0.5) is 0 Å². The summed E-state index contributed by atoms with van der Waals surface area (Å²) < 4.78 is 43.2. The standard InChI is InChI=1S/C32H43NO10/c1-33(15-8-16-42-32(35)22-19-27(38-4)31(41-7)28(20-22)39-5)23-10-12-24(13-11-23)43-29(34)14-9-21-17-25(36-2)30(40-6)26(18-21)37-3/h9,14,17-20,23-24H,8,10-13,15-16H2,1-7H3/b14-9+. The van der Waals surface area contributed by atoms with E-state index in [4.69, 9.17) is 37.9 Å². The second-order valence-electron chi connectivity index (χ2n) is 10.0. The molecule has 11 nitrogen and oxygen atoms in total. The molecular weight excluding hydrogens is 558 g/mol. The van der Waals surface area contributed by atoms with Crippen LogP contribution in [0.5, 0.6) is 34.5 Å². The summed E-state index contributed by atoms with van der Waals surface area (Å²) in [5.41, 5.74) is 1.06. The molecule has 0 unspecified atom stereocenters. The molecule has 0 amide bonds. The molecule has 2 aromatic rings. The van der Waals surface area contributed by atoms with Gasteiger partial charge in [-0.1, -0.05) is 0 Å². The van der Waals surface area contributed by atoms with Gasteiger partial charge in [-0.3, -0.25) is 0 Å². The van der Waals surface area contributed by atoms with Gasteiger partial charge in [0.05, 0.1) is 54.8 Å². The number of hydrogen-bond donors (Lipinski definition) is 0. The van der Waals surface area contributed by atoms with Crippen LogP contribution in [0.2, 0.25) is 0 Å². The first kappa shape index (κ1) is 33.4. The highest BCUT2D eigenvalue weighted by Gasteiger charge is 2.26. The number of benzene rings is 2. The number of ether oxygens (including phenoxy) is 8. The summed E-state index contributed by atoms with van der Waals surface area (Å²) in [5, 5.41) is 0. The molecule has 3 rings (SSSR count). The minimum Gasteiger partial charge on any atom is -0.493 e. The number of carbonyl (C=O) groups excluding carboxylic acids is 2. The van der Waals surface area contributed by atoms with E-state index in [9.17, 15) is 9.59 Å². The van der Waals surface area contributed by atoms with E-state index in [1.165, 1.54) is 34.5 Å². The van der Waals surface area contributed by atoms with Crippen LogP contribution >= 0.6 is 0 Å². The van der Waals surface area contributed by atoms with E-state index < -0.39 is 5.97 Å². The number of nitrogens with zero attached hydrogens (tertiary/aromatic N) is 1. The summed E-state index contributed by atoms with van der Waals surface area (Å²) in [6.45, 7) is 1.06. The molecule has 0 aromatic heterocycles. The third kappa shape index (κ3) is 8.93. The fourth-order valence-corrected chi connectivity index (χ4v) is 5.11. The molecule has 0 aliphatic heterocycles. The highest BCUT2D eigenvalue weighted by molar-refractivity contribution is 5.91. The maximum atomic E-state index is 12.6. The topological polar surface area (TPSA) is 111 Å². The van der Waals surface area contributed by atoms with E-state index in [0.717, 1.165) is 37.8 Å². The van der Waals surface area contributed by atoms with Crippen LogP contribution in [0.15, 0.2) is 30.3 Å². The van der Waals surface area contributed by atoms with Crippen LogP contribution in [0.1, 0.15) is 48.0 Å². The van der Waals surface area contributed by atoms with Gasteiger partial charge >= 0.3 is 11.9 Å². The van der Waals surface area contributed by atoms with Gasteiger partial charge in [0.2, 0.25) is 11.5 Å². The minimum atomic E-state index is -0.455. The first-order valence-electron chi connectivity index (χ1n) is 14.1. The van der Waals surface area contributed by atoms with Gasteiger partial charge in [-0.25, -0.2) is 9.59 Å². The fraction of sp³-hybridized carbons (Fsp3) is 0.500. The van der Waals surface area contributed by atoms with Crippen LogP contribution in [-0.2, 0) is 14.3 Å². The molecule has 1 aliphatic carbocycles. The number of esters is 2. The molecule has 0 saturated heterocycles. The van der Waals surface area contributed by atoms with E-state index in [1.807, 2.05) is 0 Å². The highest BCUT2D eigenvalue weighted by atomic mass is 16.6. The number of rotatable bonds is 15. The third-order valence-corrected chi connectivity index (χ3v) is 7.44. The lowest BCUT2D eigenvalue weighted by molar-refractivity contribution is -0.144. The third-order valence-electron chi connectivity index (χ3n) is 7.44. The van der Waals surface area contributed by atoms with Gasteiger partial charge in [-0.15, -0.1) is 0 Å². The van der Waals surface area contributed by atoms with Crippen LogP contribution in [0, 0.1) is 0 Å². The maximum Gasteiger partial charge on any atom is 0.338 e. The van der Waals surface area contributed by atoms with Crippen molar-refractivity contribution >= 4 is 18.0 Å². The Morgan fingerprint density at radius 3 is 1.77 bits per heavy atom. The van der Waals surface area contributed by atoms with Crippen molar-refractivity contribution in [1.82, 2.24) is 4.90 Å². The van der Waals surface area contributed by atoms with Crippen molar-refractivity contribution in [3.8, 4) is 34.5 Å². The van der Waals surface area contributed by atoms with Crippen molar-refractivity contribution in [2.24, 2.45) is 0 Å². The van der Waals surface area contributed by atoms with Gasteiger partial charge in [0, 0.05) is 18.7 Å². The van der Waals surface area contributed by atoms with Gasteiger partial charge < -0.3 is 42.8 Å². The summed E-state index contributed by atoms with van der Waals surface area (Å²) in [4.78, 5) is 27.4. The Labute approximate surface area is 253 Å². The maximum absolute atomic E-state index is 12.6. The lowest BCUT2D eigenvalue weighted by Crippen LogP contribution is -2.38. The van der Waals surface area contributed by atoms with Crippen LogP contribution in [0.3, 0.4) is 0 Å². The molecule has 11 heteroatoms. The Kier molecular flexibility index (Phi) is 12.8. The molecule has 0 bridgehead atoms. The molecule has 0 N–H and O–H groups in total. The largest absolute Gasteiger partial charge is 0.493 e. The van der Waals surface area contributed by atoms with Gasteiger partial charge in [-0.2, -0.15) is 0 Å². The van der Waals surface area contributed by atoms with Gasteiger partial charge in [0.1, 0.15) is 6.10 Å². The van der Waals surface area contributed by atoms with Crippen molar-refractivity contribution in [2.75, 3.05) is 62.9 Å². The van der Waals surface area contributed by atoms with E-state index >= 15 is 0 Å². The van der Waals surface area contributed by atoms with E-state index in [1.54, 1.807) is 44.6 Å². The van der Waals surface area contributed by atoms with Gasteiger partial charge in [0.25, 0.3) is 0 Å². The normalized spacial score (nSPS) is 16.5. The van der Waals surface area contributed by atoms with E-state index in [-0.39, 0.29) is 18.7 Å². The first-order valence-corrected chi connectivity index (χ1v) is 14.1. The molecule has 0 atom stereocenters. The molecule has 0 radical (unpaired) electrons. The molecule has 1 fully saturated rings. The predicted octanol–water partition coefficient (Wildman–Crippen LogP) is 4.78. The predicted molar refractivity (Wildman–Crippen MR) is 161 cm³/mol. The average Bonchev–Trinajstić information content (AvgIpc) is 3.04. The van der Waals surface area contributed by atoms with Crippen molar-refractivity contribution in [3.63, 3.8) is 0 Å². The molecular formula is C32H43NO10. The Morgan fingerprint density at radius 2 is 1.28 bits per heavy atom. The second-order valence-corrected chi connectivity index (χ2v) is 10.0. The first-order chi connectivity index (χ1) is 20.8. The second kappa shape index (κ2) is 16.5. The zero-order chi connectivity index (χ0) is 31.4. The lowest BCUT2D eigenvalue weighted by Gasteiger charge is -2.34. The van der Waals surface area contributed by atoms with Crippen LogP contribution in [0.25, 0.3) is 6.08 Å². The monoisotopic (exact) mass is 601 g/mol. The number of hydrogen-bond acceptors (Lipinski definition) is 11. The van der Waals surface area contributed by atoms with Gasteiger partial charge in [-0.05, 0) is 75.1 Å². The summed E-state index contributed by atoms with van der Waals surface area (Å²) in [5.74, 6) is 1.86. The summed E-state index contributed by atoms with van der Waals surface area (Å²) >= 11 is 0. The van der Waals surface area contributed by atoms with E-state index in [0.29, 0.717) is 52.5 Å². The molecule has 0 spiro atoms.